The molecule has 0 fully saturated rings. The fourth-order valence-electron chi connectivity index (χ4n) is 1.58. The zero-order valence-electron chi connectivity index (χ0n) is 11.2. The highest BCUT2D eigenvalue weighted by atomic mass is 16.5. The fourth-order valence-corrected chi connectivity index (χ4v) is 1.58. The zero-order valence-corrected chi connectivity index (χ0v) is 11.2. The maximum absolute atomic E-state index is 9.18. The lowest BCUT2D eigenvalue weighted by Gasteiger charge is -2.26. The maximum atomic E-state index is 9.18. The summed E-state index contributed by atoms with van der Waals surface area (Å²) in [5.74, 6) is 0. The van der Waals surface area contributed by atoms with Crippen molar-refractivity contribution < 1.29 is 9.84 Å². The molecule has 0 amide bonds. The molecule has 0 aromatic rings. The molecular weight excluding hydrogens is 202 g/mol. The number of unbranched alkanes of at least 4 members (excludes halogenated alkanes) is 3. The Balaban J connectivity index is 3.26. The molecule has 0 saturated heterocycles. The molecule has 0 aromatic carbocycles. The van der Waals surface area contributed by atoms with Gasteiger partial charge in [-0.05, 0) is 33.2 Å². The first kappa shape index (κ1) is 15.9. The first-order valence-corrected chi connectivity index (χ1v) is 6.56. The van der Waals surface area contributed by atoms with Crippen LogP contribution in [0.4, 0.5) is 0 Å². The second-order valence-corrected chi connectivity index (χ2v) is 4.75. The van der Waals surface area contributed by atoms with Crippen LogP contribution in [-0.2, 0) is 4.74 Å². The van der Waals surface area contributed by atoms with Crippen LogP contribution in [0.5, 0.6) is 0 Å². The van der Waals surface area contributed by atoms with Crippen LogP contribution in [0.15, 0.2) is 0 Å². The second kappa shape index (κ2) is 10.1. The van der Waals surface area contributed by atoms with Gasteiger partial charge in [-0.15, -0.1) is 0 Å². The normalized spacial score (nSPS) is 15.0. The van der Waals surface area contributed by atoms with Crippen molar-refractivity contribution >= 4 is 0 Å². The molecule has 0 spiro atoms. The van der Waals surface area contributed by atoms with Crippen LogP contribution in [0.2, 0.25) is 0 Å². The quantitative estimate of drug-likeness (QED) is 0.536. The van der Waals surface area contributed by atoms with Gasteiger partial charge in [-0.2, -0.15) is 0 Å². The Bertz CT molecular complexity index is 147. The molecule has 3 nitrogen and oxygen atoms in total. The van der Waals surface area contributed by atoms with E-state index in [0.29, 0.717) is 0 Å². The van der Waals surface area contributed by atoms with Crippen LogP contribution < -0.4 is 5.32 Å². The minimum atomic E-state index is -0.147. The largest absolute Gasteiger partial charge is 0.394 e. The van der Waals surface area contributed by atoms with E-state index in [4.69, 9.17) is 4.74 Å². The molecule has 1 atom stereocenters. The van der Waals surface area contributed by atoms with Gasteiger partial charge in [-0.1, -0.05) is 26.2 Å². The lowest BCUT2D eigenvalue weighted by atomic mass is 9.97. The van der Waals surface area contributed by atoms with Crippen LogP contribution in [0, 0.1) is 0 Å². The van der Waals surface area contributed by atoms with Gasteiger partial charge < -0.3 is 15.2 Å². The molecule has 0 aliphatic rings. The van der Waals surface area contributed by atoms with Gasteiger partial charge in [0.2, 0.25) is 0 Å². The molecule has 0 saturated carbocycles. The van der Waals surface area contributed by atoms with Crippen LogP contribution in [-0.4, -0.2) is 37.5 Å². The number of aliphatic hydroxyl groups is 1. The Labute approximate surface area is 101 Å². The van der Waals surface area contributed by atoms with E-state index in [2.05, 4.69) is 12.2 Å². The van der Waals surface area contributed by atoms with Crippen LogP contribution >= 0.6 is 0 Å². The molecule has 1 unspecified atom stereocenters. The SMILES string of the molecule is CCCCCCOCCCC(C)(CO)NC. The first-order valence-electron chi connectivity index (χ1n) is 6.56. The lowest BCUT2D eigenvalue weighted by Crippen LogP contribution is -2.43. The zero-order chi connectivity index (χ0) is 12.3. The second-order valence-electron chi connectivity index (χ2n) is 4.75. The summed E-state index contributed by atoms with van der Waals surface area (Å²) in [5.41, 5.74) is -0.147. The Morgan fingerprint density at radius 3 is 2.38 bits per heavy atom. The van der Waals surface area contributed by atoms with E-state index in [0.717, 1.165) is 26.1 Å². The topological polar surface area (TPSA) is 41.5 Å². The molecule has 0 heterocycles. The number of likely N-dealkylation sites (N-methyl/N-ethyl adjacent to an activating group) is 1. The third kappa shape index (κ3) is 8.08. The average Bonchev–Trinajstić information content (AvgIpc) is 2.32. The average molecular weight is 231 g/mol. The highest BCUT2D eigenvalue weighted by Crippen LogP contribution is 2.10. The predicted octanol–water partition coefficient (Wildman–Crippen LogP) is 2.33. The van der Waals surface area contributed by atoms with Gasteiger partial charge >= 0.3 is 0 Å². The number of hydrogen-bond donors (Lipinski definition) is 2. The highest BCUT2D eigenvalue weighted by molar-refractivity contribution is 4.79. The number of nitrogens with one attached hydrogen (secondary N) is 1. The van der Waals surface area contributed by atoms with Gasteiger partial charge in [-0.3, -0.25) is 0 Å². The van der Waals surface area contributed by atoms with Crippen molar-refractivity contribution in [1.82, 2.24) is 5.32 Å². The highest BCUT2D eigenvalue weighted by Gasteiger charge is 2.19. The monoisotopic (exact) mass is 231 g/mol. The number of hydrogen-bond acceptors (Lipinski definition) is 3. The van der Waals surface area contributed by atoms with Crippen molar-refractivity contribution in [2.45, 2.75) is 57.9 Å². The maximum Gasteiger partial charge on any atom is 0.0610 e. The molecule has 3 heteroatoms. The third-order valence-corrected chi connectivity index (χ3v) is 3.11. The standard InChI is InChI=1S/C13H29NO2/c1-4-5-6-7-10-16-11-8-9-13(2,12-15)14-3/h14-15H,4-12H2,1-3H3. The van der Waals surface area contributed by atoms with E-state index in [1.807, 2.05) is 14.0 Å². The number of rotatable bonds is 11. The molecule has 98 valence electrons. The Kier molecular flexibility index (Phi) is 9.99. The molecule has 0 bridgehead atoms. The van der Waals surface area contributed by atoms with E-state index in [1.54, 1.807) is 0 Å². The van der Waals surface area contributed by atoms with E-state index < -0.39 is 0 Å². The summed E-state index contributed by atoms with van der Waals surface area (Å²) in [6, 6.07) is 0. The summed E-state index contributed by atoms with van der Waals surface area (Å²) < 4.78 is 5.56. The van der Waals surface area contributed by atoms with Gasteiger partial charge in [0.15, 0.2) is 0 Å². The van der Waals surface area contributed by atoms with Crippen LogP contribution in [0.1, 0.15) is 52.4 Å². The van der Waals surface area contributed by atoms with Crippen molar-refractivity contribution in [3.63, 3.8) is 0 Å². The van der Waals surface area contributed by atoms with Gasteiger partial charge in [0.1, 0.15) is 0 Å². The van der Waals surface area contributed by atoms with Gasteiger partial charge in [-0.25, -0.2) is 0 Å². The summed E-state index contributed by atoms with van der Waals surface area (Å²) in [7, 11) is 1.89. The number of aliphatic hydroxyl groups excluding tert-OH is 1. The first-order chi connectivity index (χ1) is 7.68. The minimum absolute atomic E-state index is 0.147. The molecule has 0 radical (unpaired) electrons. The summed E-state index contributed by atoms with van der Waals surface area (Å²) in [5, 5.41) is 12.3. The van der Waals surface area contributed by atoms with Crippen molar-refractivity contribution in [2.75, 3.05) is 26.9 Å². The van der Waals surface area contributed by atoms with E-state index in [1.165, 1.54) is 25.7 Å². The van der Waals surface area contributed by atoms with Gasteiger partial charge in [0, 0.05) is 18.8 Å². The summed E-state index contributed by atoms with van der Waals surface area (Å²) in [6.07, 6.45) is 7.00. The van der Waals surface area contributed by atoms with Crippen molar-refractivity contribution in [1.29, 1.82) is 0 Å². The minimum Gasteiger partial charge on any atom is -0.394 e. The van der Waals surface area contributed by atoms with Gasteiger partial charge in [0.05, 0.1) is 6.61 Å². The van der Waals surface area contributed by atoms with E-state index in [-0.39, 0.29) is 12.1 Å². The molecule has 0 aliphatic heterocycles. The molecular formula is C13H29NO2. The van der Waals surface area contributed by atoms with E-state index >= 15 is 0 Å². The number of ether oxygens (including phenoxy) is 1. The molecule has 0 aliphatic carbocycles. The third-order valence-electron chi connectivity index (χ3n) is 3.11. The van der Waals surface area contributed by atoms with Crippen molar-refractivity contribution in [3.05, 3.63) is 0 Å². The molecule has 16 heavy (non-hydrogen) atoms. The Morgan fingerprint density at radius 2 is 1.81 bits per heavy atom. The molecule has 2 N–H and O–H groups in total. The van der Waals surface area contributed by atoms with Crippen LogP contribution in [0.25, 0.3) is 0 Å². The Morgan fingerprint density at radius 1 is 1.12 bits per heavy atom. The molecule has 0 rings (SSSR count). The van der Waals surface area contributed by atoms with Crippen LogP contribution in [0.3, 0.4) is 0 Å². The van der Waals surface area contributed by atoms with Gasteiger partial charge in [0.25, 0.3) is 0 Å². The predicted molar refractivity (Wildman–Crippen MR) is 68.7 cm³/mol. The van der Waals surface area contributed by atoms with E-state index in [9.17, 15) is 5.11 Å². The smallest absolute Gasteiger partial charge is 0.0610 e. The van der Waals surface area contributed by atoms with Crippen molar-refractivity contribution in [2.24, 2.45) is 0 Å². The molecule has 0 aromatic heterocycles. The Hall–Kier alpha value is -0.120. The van der Waals surface area contributed by atoms with Crippen molar-refractivity contribution in [3.8, 4) is 0 Å². The summed E-state index contributed by atoms with van der Waals surface area (Å²) >= 11 is 0. The fraction of sp³-hybridized carbons (Fsp3) is 1.00. The summed E-state index contributed by atoms with van der Waals surface area (Å²) in [4.78, 5) is 0. The lowest BCUT2D eigenvalue weighted by molar-refractivity contribution is 0.109. The summed E-state index contributed by atoms with van der Waals surface area (Å²) in [6.45, 7) is 6.13.